The number of phenols is 1. The summed E-state index contributed by atoms with van der Waals surface area (Å²) in [6.07, 6.45) is 6.16. The van der Waals surface area contributed by atoms with Crippen LogP contribution >= 0.6 is 0 Å². The Morgan fingerprint density at radius 2 is 1.72 bits per heavy atom. The fourth-order valence-electron chi connectivity index (χ4n) is 7.71. The number of Topliss-reactive ketones (excluding diaryl/α,β-unsaturated/α-hetero) is 2. The van der Waals surface area contributed by atoms with E-state index in [1.165, 1.54) is 4.90 Å². The van der Waals surface area contributed by atoms with E-state index in [-0.39, 0.29) is 35.3 Å². The SMILES string of the molecule is CN(C)c1ccc(-c2cc(C#CC3=CCCCC3)c(O)c3c2C[C@@H]2C[C@@H]4C(N(C)C)C(O)=C(C(N)=O)C(=O)[C@@]4(O)C(O)=C2C3=O)cc1. The Hall–Kier alpha value is -4.85. The zero-order valence-electron chi connectivity index (χ0n) is 26.9. The fraction of sp³-hybridized carbons (Fsp3) is 0.378. The molecule has 0 fully saturated rings. The van der Waals surface area contributed by atoms with Gasteiger partial charge in [-0.2, -0.15) is 0 Å². The van der Waals surface area contributed by atoms with Crippen molar-refractivity contribution in [3.05, 3.63) is 81.3 Å². The predicted molar refractivity (Wildman–Crippen MR) is 177 cm³/mol. The number of nitrogens with zero attached hydrogens (tertiary/aromatic N) is 2. The van der Waals surface area contributed by atoms with Gasteiger partial charge in [0.1, 0.15) is 22.8 Å². The summed E-state index contributed by atoms with van der Waals surface area (Å²) in [5, 5.41) is 46.3. The second-order valence-corrected chi connectivity index (χ2v) is 13.3. The lowest BCUT2D eigenvalue weighted by Crippen LogP contribution is -2.63. The van der Waals surface area contributed by atoms with E-state index in [9.17, 15) is 34.8 Å². The van der Waals surface area contributed by atoms with Gasteiger partial charge in [-0.25, -0.2) is 0 Å². The molecule has 0 radical (unpaired) electrons. The number of aliphatic hydroxyl groups is 3. The third-order valence-electron chi connectivity index (χ3n) is 10.1. The zero-order valence-corrected chi connectivity index (χ0v) is 26.9. The molecule has 4 aliphatic rings. The number of anilines is 1. The summed E-state index contributed by atoms with van der Waals surface area (Å²) >= 11 is 0. The van der Waals surface area contributed by atoms with Gasteiger partial charge in [0.25, 0.3) is 5.91 Å². The van der Waals surface area contributed by atoms with Gasteiger partial charge in [-0.05, 0) is 99.0 Å². The summed E-state index contributed by atoms with van der Waals surface area (Å²) in [6, 6.07) is 8.51. The van der Waals surface area contributed by atoms with Crippen LogP contribution < -0.4 is 10.6 Å². The third-order valence-corrected chi connectivity index (χ3v) is 10.1. The lowest BCUT2D eigenvalue weighted by molar-refractivity contribution is -0.148. The van der Waals surface area contributed by atoms with Crippen LogP contribution in [0.1, 0.15) is 53.6 Å². The molecular weight excluding hydrogens is 598 g/mol. The molecule has 1 unspecified atom stereocenters. The number of carbonyl (C=O) groups is 3. The number of nitrogens with two attached hydrogens (primary N) is 1. The maximum Gasteiger partial charge on any atom is 0.255 e. The molecule has 6 rings (SSSR count). The average molecular weight is 638 g/mol. The van der Waals surface area contributed by atoms with E-state index in [0.717, 1.165) is 42.5 Å². The Labute approximate surface area is 273 Å². The van der Waals surface area contributed by atoms with Gasteiger partial charge in [-0.3, -0.25) is 19.3 Å². The minimum Gasteiger partial charge on any atom is -0.510 e. The molecule has 10 heteroatoms. The minimum absolute atomic E-state index is 0.0151. The van der Waals surface area contributed by atoms with Crippen molar-refractivity contribution in [1.82, 2.24) is 4.90 Å². The minimum atomic E-state index is -2.70. The number of amides is 1. The lowest BCUT2D eigenvalue weighted by Gasteiger charge is -2.50. The smallest absolute Gasteiger partial charge is 0.255 e. The number of phenolic OH excluding ortho intramolecular Hbond substituents is 1. The van der Waals surface area contributed by atoms with Crippen LogP contribution in [0.2, 0.25) is 0 Å². The normalized spacial score (nSPS) is 25.4. The molecule has 4 aliphatic carbocycles. The molecule has 47 heavy (non-hydrogen) atoms. The largest absolute Gasteiger partial charge is 0.510 e. The van der Waals surface area contributed by atoms with E-state index in [4.69, 9.17) is 5.73 Å². The van der Waals surface area contributed by atoms with Gasteiger partial charge in [-0.15, -0.1) is 0 Å². The molecule has 0 saturated heterocycles. The predicted octanol–water partition coefficient (Wildman–Crippen LogP) is 3.71. The number of carbonyl (C=O) groups excluding carboxylic acids is 3. The average Bonchev–Trinajstić information content (AvgIpc) is 3.02. The summed E-state index contributed by atoms with van der Waals surface area (Å²) in [4.78, 5) is 43.9. The monoisotopic (exact) mass is 637 g/mol. The van der Waals surface area contributed by atoms with Crippen molar-refractivity contribution < 1.29 is 34.8 Å². The van der Waals surface area contributed by atoms with Crippen LogP contribution in [-0.2, 0) is 16.0 Å². The first-order chi connectivity index (χ1) is 22.3. The topological polar surface area (TPSA) is 165 Å². The molecule has 4 atom stereocenters. The van der Waals surface area contributed by atoms with Crippen molar-refractivity contribution in [1.29, 1.82) is 0 Å². The number of rotatable bonds is 4. The van der Waals surface area contributed by atoms with E-state index in [1.54, 1.807) is 20.2 Å². The zero-order chi connectivity index (χ0) is 33.9. The van der Waals surface area contributed by atoms with Crippen molar-refractivity contribution in [2.45, 2.75) is 50.2 Å². The third kappa shape index (κ3) is 5.01. The number of allylic oxidation sites excluding steroid dienone is 3. The van der Waals surface area contributed by atoms with E-state index in [0.29, 0.717) is 11.1 Å². The van der Waals surface area contributed by atoms with Crippen molar-refractivity contribution >= 4 is 23.2 Å². The van der Waals surface area contributed by atoms with Crippen LogP contribution in [-0.4, -0.2) is 82.6 Å². The highest BCUT2D eigenvalue weighted by Gasteiger charge is 2.63. The Balaban J connectivity index is 1.56. The molecule has 0 saturated carbocycles. The first-order valence-electron chi connectivity index (χ1n) is 15.8. The van der Waals surface area contributed by atoms with Crippen LogP contribution in [0.3, 0.4) is 0 Å². The van der Waals surface area contributed by atoms with Crippen LogP contribution in [0.15, 0.2) is 64.6 Å². The second kappa shape index (κ2) is 11.7. The number of hydrogen-bond donors (Lipinski definition) is 5. The van der Waals surface area contributed by atoms with Crippen LogP contribution in [0.25, 0.3) is 11.1 Å². The number of likely N-dealkylation sites (N-methyl/N-ethyl adjacent to an activating group) is 1. The van der Waals surface area contributed by atoms with E-state index >= 15 is 0 Å². The van der Waals surface area contributed by atoms with Gasteiger partial charge in [-0.1, -0.05) is 30.0 Å². The standard InChI is InChI=1S/C37H39N3O7/c1-39(2)23-14-12-20(13-15-23)24-16-21(11-10-19-8-6-5-7-9-19)31(41)28-25(24)17-22-18-26-30(40(3)4)33(43)29(36(38)46)35(45)37(26,47)34(44)27(22)32(28)42/h8,12-16,22,26,30,41,43-44,47H,5-7,9,17-18H2,1-4H3,(H2,38,46)/t22-,26-,30?,37+/m1/s1. The first kappa shape index (κ1) is 32.1. The van der Waals surface area contributed by atoms with E-state index in [2.05, 4.69) is 17.9 Å². The summed E-state index contributed by atoms with van der Waals surface area (Å²) in [5.74, 6) is -0.630. The second-order valence-electron chi connectivity index (χ2n) is 13.3. The van der Waals surface area contributed by atoms with E-state index in [1.807, 2.05) is 43.3 Å². The molecule has 0 bridgehead atoms. The number of benzene rings is 2. The summed E-state index contributed by atoms with van der Waals surface area (Å²) in [6.45, 7) is 0. The molecule has 0 aromatic heterocycles. The van der Waals surface area contributed by atoms with Gasteiger partial charge in [0.2, 0.25) is 5.78 Å². The Kier molecular flexibility index (Phi) is 8.02. The van der Waals surface area contributed by atoms with Crippen molar-refractivity contribution in [2.24, 2.45) is 17.6 Å². The van der Waals surface area contributed by atoms with Crippen LogP contribution in [0.4, 0.5) is 5.69 Å². The summed E-state index contributed by atoms with van der Waals surface area (Å²) in [5.41, 5.74) is 5.90. The number of fused-ring (bicyclic) bond motifs is 3. The van der Waals surface area contributed by atoms with Gasteiger partial charge >= 0.3 is 0 Å². The molecular formula is C37H39N3O7. The number of aliphatic hydroxyl groups excluding tert-OH is 2. The van der Waals surface area contributed by atoms with Crippen LogP contribution in [0.5, 0.6) is 5.75 Å². The van der Waals surface area contributed by atoms with E-state index < -0.39 is 58.0 Å². The first-order valence-corrected chi connectivity index (χ1v) is 15.8. The quantitative estimate of drug-likeness (QED) is 0.248. The Morgan fingerprint density at radius 1 is 1.02 bits per heavy atom. The fourth-order valence-corrected chi connectivity index (χ4v) is 7.71. The maximum atomic E-state index is 14.5. The molecule has 0 aliphatic heterocycles. The number of primary amides is 1. The molecule has 0 spiro atoms. The van der Waals surface area contributed by atoms with Crippen molar-refractivity contribution in [3.63, 3.8) is 0 Å². The Morgan fingerprint density at radius 3 is 2.32 bits per heavy atom. The van der Waals surface area contributed by atoms with Crippen molar-refractivity contribution in [2.75, 3.05) is 33.1 Å². The lowest BCUT2D eigenvalue weighted by atomic mass is 9.58. The van der Waals surface area contributed by atoms with Gasteiger partial charge in [0, 0.05) is 31.3 Å². The summed E-state index contributed by atoms with van der Waals surface area (Å²) < 4.78 is 0. The number of hydrogen-bond acceptors (Lipinski definition) is 9. The molecule has 10 nitrogen and oxygen atoms in total. The highest BCUT2D eigenvalue weighted by Crippen LogP contribution is 2.53. The molecule has 1 amide bonds. The Bertz CT molecular complexity index is 1870. The molecule has 6 N–H and O–H groups in total. The molecule has 2 aromatic carbocycles. The van der Waals surface area contributed by atoms with Crippen LogP contribution in [0, 0.1) is 23.7 Å². The number of ketones is 2. The highest BCUT2D eigenvalue weighted by molar-refractivity contribution is 6.25. The van der Waals surface area contributed by atoms with Crippen molar-refractivity contribution in [3.8, 4) is 28.7 Å². The molecule has 2 aromatic rings. The summed E-state index contributed by atoms with van der Waals surface area (Å²) in [7, 11) is 7.08. The highest BCUT2D eigenvalue weighted by atomic mass is 16.3. The van der Waals surface area contributed by atoms with Gasteiger partial charge < -0.3 is 31.1 Å². The van der Waals surface area contributed by atoms with Gasteiger partial charge in [0.15, 0.2) is 11.4 Å². The van der Waals surface area contributed by atoms with Gasteiger partial charge in [0.05, 0.1) is 17.2 Å². The molecule has 0 heterocycles. The maximum absolute atomic E-state index is 14.5. The molecule has 244 valence electrons. The number of aromatic hydroxyl groups is 1.